The number of aromatic nitrogens is 1. The van der Waals surface area contributed by atoms with Crippen LogP contribution in [0.2, 0.25) is 0 Å². The van der Waals surface area contributed by atoms with E-state index < -0.39 is 53.6 Å². The number of nitrogens with zero attached hydrogens (tertiary/aromatic N) is 1. The van der Waals surface area contributed by atoms with Crippen molar-refractivity contribution in [3.63, 3.8) is 0 Å². The molecule has 0 spiro atoms. The maximum atomic E-state index is 13.0. The Morgan fingerprint density at radius 3 is 2.28 bits per heavy atom. The van der Waals surface area contributed by atoms with Crippen LogP contribution in [0.1, 0.15) is 88.4 Å². The molecule has 0 radical (unpaired) electrons. The fourth-order valence-electron chi connectivity index (χ4n) is 3.48. The van der Waals surface area contributed by atoms with Crippen molar-refractivity contribution in [2.45, 2.75) is 91.7 Å². The summed E-state index contributed by atoms with van der Waals surface area (Å²) >= 11 is 1.13. The molecule has 2 aromatic rings. The van der Waals surface area contributed by atoms with Crippen molar-refractivity contribution in [2.75, 3.05) is 0 Å². The number of esters is 2. The summed E-state index contributed by atoms with van der Waals surface area (Å²) in [6, 6.07) is 8.19. The van der Waals surface area contributed by atoms with Gasteiger partial charge < -0.3 is 24.8 Å². The van der Waals surface area contributed by atoms with Gasteiger partial charge in [-0.25, -0.2) is 14.6 Å². The summed E-state index contributed by atoms with van der Waals surface area (Å²) in [7, 11) is 0. The fourth-order valence-corrected chi connectivity index (χ4v) is 4.29. The van der Waals surface area contributed by atoms with Crippen LogP contribution in [-0.2, 0) is 30.4 Å². The molecule has 1 heterocycles. The lowest BCUT2D eigenvalue weighted by atomic mass is 9.97. The minimum atomic E-state index is -1.10. The summed E-state index contributed by atoms with van der Waals surface area (Å²) in [5, 5.41) is 7.45. The summed E-state index contributed by atoms with van der Waals surface area (Å²) in [4.78, 5) is 54.5. The molecular weight excluding hydrogens is 522 g/mol. The third-order valence-corrected chi connectivity index (χ3v) is 6.49. The Kier molecular flexibility index (Phi) is 11.9. The number of benzene rings is 1. The molecule has 214 valence electrons. The number of carbonyl (C=O) groups is 4. The van der Waals surface area contributed by atoms with Gasteiger partial charge in [-0.1, -0.05) is 43.7 Å². The predicted molar refractivity (Wildman–Crippen MR) is 147 cm³/mol. The van der Waals surface area contributed by atoms with Crippen LogP contribution < -0.4 is 10.6 Å². The van der Waals surface area contributed by atoms with Gasteiger partial charge in [-0.2, -0.15) is 0 Å². The first kappa shape index (κ1) is 31.7. The predicted octanol–water partition coefficient (Wildman–Crippen LogP) is 4.94. The average Bonchev–Trinajstić information content (AvgIpc) is 3.36. The second kappa shape index (κ2) is 14.6. The van der Waals surface area contributed by atoms with Gasteiger partial charge in [0, 0.05) is 11.4 Å². The second-order valence-corrected chi connectivity index (χ2v) is 11.1. The van der Waals surface area contributed by atoms with E-state index in [-0.39, 0.29) is 11.6 Å². The highest BCUT2D eigenvalue weighted by atomic mass is 32.1. The zero-order chi connectivity index (χ0) is 29.2. The molecule has 0 fully saturated rings. The molecule has 1 aromatic carbocycles. The summed E-state index contributed by atoms with van der Waals surface area (Å²) in [5.41, 5.74) is 0.700. The van der Waals surface area contributed by atoms with E-state index in [0.29, 0.717) is 18.5 Å². The maximum Gasteiger partial charge on any atom is 0.408 e. The standard InChI is InChI=1S/C28H39N3O7S/c1-8-12-21(17(2)25(33)37-19(4)26(34)36-15-20-13-10-9-11-14-20)30-23(32)24-31-22(16-39-24)18(3)29-27(35)38-28(5,6)7/h9-11,13-14,16-19,21H,8,12,15H2,1-7H3,(H,29,35)(H,30,32)/t17-,18+,19+,21-/m1/s1. The largest absolute Gasteiger partial charge is 0.458 e. The SMILES string of the molecule is CCC[C@@H](NC(=O)c1nc([C@H](C)NC(=O)OC(C)(C)C)cs1)[C@@H](C)C(=O)O[C@@H](C)C(=O)OCc1ccccc1. The van der Waals surface area contributed by atoms with E-state index in [4.69, 9.17) is 14.2 Å². The van der Waals surface area contributed by atoms with Crippen LogP contribution in [0, 0.1) is 5.92 Å². The molecule has 0 aliphatic carbocycles. The molecule has 4 atom stereocenters. The number of hydrogen-bond donors (Lipinski definition) is 2. The minimum absolute atomic E-state index is 0.0767. The van der Waals surface area contributed by atoms with Gasteiger partial charge in [0.2, 0.25) is 0 Å². The number of thiazole rings is 1. The van der Waals surface area contributed by atoms with Crippen LogP contribution in [0.3, 0.4) is 0 Å². The highest BCUT2D eigenvalue weighted by molar-refractivity contribution is 7.11. The Bertz CT molecular complexity index is 1110. The van der Waals surface area contributed by atoms with Crippen LogP contribution in [0.5, 0.6) is 0 Å². The van der Waals surface area contributed by atoms with Gasteiger partial charge in [-0.3, -0.25) is 9.59 Å². The van der Waals surface area contributed by atoms with Crippen molar-refractivity contribution in [3.8, 4) is 0 Å². The number of hydrogen-bond acceptors (Lipinski definition) is 9. The number of nitrogens with one attached hydrogen (secondary N) is 2. The van der Waals surface area contributed by atoms with Gasteiger partial charge in [0.25, 0.3) is 5.91 Å². The maximum absolute atomic E-state index is 13.0. The van der Waals surface area contributed by atoms with Gasteiger partial charge >= 0.3 is 18.0 Å². The number of alkyl carbamates (subject to hydrolysis) is 1. The molecule has 0 saturated carbocycles. The van der Waals surface area contributed by atoms with Crippen LogP contribution in [0.4, 0.5) is 4.79 Å². The number of rotatable bonds is 12. The van der Waals surface area contributed by atoms with E-state index in [2.05, 4.69) is 15.6 Å². The Labute approximate surface area is 233 Å². The van der Waals surface area contributed by atoms with E-state index in [9.17, 15) is 19.2 Å². The summed E-state index contributed by atoms with van der Waals surface area (Å²) in [5.74, 6) is -2.43. The quantitative estimate of drug-likeness (QED) is 0.275. The van der Waals surface area contributed by atoms with Gasteiger partial charge in [0.1, 0.15) is 12.2 Å². The lowest BCUT2D eigenvalue weighted by Crippen LogP contribution is -2.43. The zero-order valence-corrected chi connectivity index (χ0v) is 24.4. The molecule has 10 nitrogen and oxygen atoms in total. The van der Waals surface area contributed by atoms with E-state index >= 15 is 0 Å². The molecule has 0 bridgehead atoms. The van der Waals surface area contributed by atoms with Crippen LogP contribution in [0.15, 0.2) is 35.7 Å². The Morgan fingerprint density at radius 1 is 1.00 bits per heavy atom. The average molecular weight is 562 g/mol. The molecule has 39 heavy (non-hydrogen) atoms. The summed E-state index contributed by atoms with van der Waals surface area (Å²) in [6.45, 7) is 12.2. The lowest BCUT2D eigenvalue weighted by Gasteiger charge is -2.24. The molecule has 0 saturated heterocycles. The molecule has 0 aliphatic rings. The third-order valence-electron chi connectivity index (χ3n) is 5.63. The molecule has 0 aliphatic heterocycles. The van der Waals surface area contributed by atoms with Crippen LogP contribution in [0.25, 0.3) is 0 Å². The van der Waals surface area contributed by atoms with E-state index in [1.165, 1.54) is 6.92 Å². The topological polar surface area (TPSA) is 133 Å². The Morgan fingerprint density at radius 2 is 1.67 bits per heavy atom. The molecule has 0 unspecified atom stereocenters. The minimum Gasteiger partial charge on any atom is -0.458 e. The van der Waals surface area contributed by atoms with Crippen molar-refractivity contribution in [3.05, 3.63) is 52.0 Å². The van der Waals surface area contributed by atoms with E-state index in [1.807, 2.05) is 37.3 Å². The third kappa shape index (κ3) is 10.7. The van der Waals surface area contributed by atoms with E-state index in [1.54, 1.807) is 40.0 Å². The molecule has 2 rings (SSSR count). The Hall–Kier alpha value is -3.47. The van der Waals surface area contributed by atoms with Gasteiger partial charge in [0.15, 0.2) is 11.1 Å². The first-order chi connectivity index (χ1) is 18.3. The number of amides is 2. The summed E-state index contributed by atoms with van der Waals surface area (Å²) < 4.78 is 15.9. The van der Waals surface area contributed by atoms with Gasteiger partial charge in [0.05, 0.1) is 17.7 Å². The molecule has 11 heteroatoms. The van der Waals surface area contributed by atoms with Crippen molar-refractivity contribution in [1.82, 2.24) is 15.6 Å². The molecular formula is C28H39N3O7S. The zero-order valence-electron chi connectivity index (χ0n) is 23.6. The molecule has 2 N–H and O–H groups in total. The monoisotopic (exact) mass is 561 g/mol. The fraction of sp³-hybridized carbons (Fsp3) is 0.536. The second-order valence-electron chi connectivity index (χ2n) is 10.3. The number of ether oxygens (including phenoxy) is 3. The van der Waals surface area contributed by atoms with Crippen molar-refractivity contribution >= 4 is 35.3 Å². The lowest BCUT2D eigenvalue weighted by molar-refractivity contribution is -0.170. The molecule has 1 aromatic heterocycles. The van der Waals surface area contributed by atoms with Crippen molar-refractivity contribution < 1.29 is 33.4 Å². The first-order valence-corrected chi connectivity index (χ1v) is 13.9. The number of carbonyl (C=O) groups excluding carboxylic acids is 4. The van der Waals surface area contributed by atoms with Gasteiger partial charge in [-0.05, 0) is 53.5 Å². The smallest absolute Gasteiger partial charge is 0.408 e. The van der Waals surface area contributed by atoms with Crippen molar-refractivity contribution in [2.24, 2.45) is 5.92 Å². The normalized spacial score (nSPS) is 14.3. The first-order valence-electron chi connectivity index (χ1n) is 13.0. The van der Waals surface area contributed by atoms with E-state index in [0.717, 1.165) is 16.9 Å². The highest BCUT2D eigenvalue weighted by Gasteiger charge is 2.30. The van der Waals surface area contributed by atoms with Crippen LogP contribution >= 0.6 is 11.3 Å². The van der Waals surface area contributed by atoms with Crippen molar-refractivity contribution in [1.29, 1.82) is 0 Å². The summed E-state index contributed by atoms with van der Waals surface area (Å²) in [6.07, 6.45) is -0.453. The van der Waals surface area contributed by atoms with Crippen LogP contribution in [-0.4, -0.2) is 46.7 Å². The molecule has 2 amide bonds. The van der Waals surface area contributed by atoms with Gasteiger partial charge in [-0.15, -0.1) is 11.3 Å². The Balaban J connectivity index is 1.94. The highest BCUT2D eigenvalue weighted by Crippen LogP contribution is 2.19.